The molecule has 0 saturated heterocycles. The number of hydrogen-bond donors (Lipinski definition) is 0. The summed E-state index contributed by atoms with van der Waals surface area (Å²) < 4.78 is 38.1. The number of rotatable bonds is 5. The van der Waals surface area contributed by atoms with Crippen LogP contribution < -0.4 is 0 Å². The monoisotopic (exact) mass is 294 g/mol. The van der Waals surface area contributed by atoms with Gasteiger partial charge in [-0.25, -0.2) is 0 Å². The molecule has 0 N–H and O–H groups in total. The highest BCUT2D eigenvalue weighted by Gasteiger charge is 2.30. The molecule has 1 rings (SSSR count). The van der Waals surface area contributed by atoms with Crippen molar-refractivity contribution in [2.45, 2.75) is 39.8 Å². The first kappa shape index (κ1) is 17.3. The molecule has 0 amide bonds. The minimum Gasteiger partial charge on any atom is -0.166 e. The van der Waals surface area contributed by atoms with Gasteiger partial charge in [-0.2, -0.15) is 13.2 Å². The number of benzene rings is 1. The summed E-state index contributed by atoms with van der Waals surface area (Å²) in [5.41, 5.74) is 2.65. The largest absolute Gasteiger partial charge is 0.415 e. The lowest BCUT2D eigenvalue weighted by Gasteiger charge is -2.10. The van der Waals surface area contributed by atoms with E-state index in [9.17, 15) is 13.2 Å². The highest BCUT2D eigenvalue weighted by Crippen LogP contribution is 2.29. The number of unbranched alkanes of at least 4 members (excludes halogenated alkanes) is 1. The van der Waals surface area contributed by atoms with Crippen molar-refractivity contribution in [1.29, 1.82) is 0 Å². The second-order valence-electron chi connectivity index (χ2n) is 5.11. The van der Waals surface area contributed by atoms with Crippen LogP contribution in [-0.4, -0.2) is 6.18 Å². The second-order valence-corrected chi connectivity index (χ2v) is 5.11. The molecule has 1 aromatic rings. The molecule has 21 heavy (non-hydrogen) atoms. The van der Waals surface area contributed by atoms with E-state index in [1.54, 1.807) is 6.08 Å². The second kappa shape index (κ2) is 7.30. The van der Waals surface area contributed by atoms with Crippen molar-refractivity contribution in [2.24, 2.45) is 0 Å². The van der Waals surface area contributed by atoms with Gasteiger partial charge >= 0.3 is 6.18 Å². The van der Waals surface area contributed by atoms with Crippen molar-refractivity contribution in [3.8, 4) is 0 Å². The van der Waals surface area contributed by atoms with Gasteiger partial charge in [0.2, 0.25) is 0 Å². The van der Waals surface area contributed by atoms with E-state index in [1.807, 2.05) is 45.0 Å². The summed E-state index contributed by atoms with van der Waals surface area (Å²) in [4.78, 5) is 0. The van der Waals surface area contributed by atoms with Gasteiger partial charge in [0.05, 0.1) is 0 Å². The van der Waals surface area contributed by atoms with Gasteiger partial charge in [-0.3, -0.25) is 0 Å². The summed E-state index contributed by atoms with van der Waals surface area (Å²) in [7, 11) is 0. The summed E-state index contributed by atoms with van der Waals surface area (Å²) in [5.74, 6) is 0. The molecule has 0 spiro atoms. The molecular weight excluding hydrogens is 273 g/mol. The van der Waals surface area contributed by atoms with Gasteiger partial charge in [0.1, 0.15) is 0 Å². The Morgan fingerprint density at radius 1 is 1.19 bits per heavy atom. The average Bonchev–Trinajstić information content (AvgIpc) is 2.40. The molecule has 0 radical (unpaired) electrons. The number of allylic oxidation sites excluding steroid dienone is 5. The van der Waals surface area contributed by atoms with Gasteiger partial charge in [-0.05, 0) is 48.6 Å². The Labute approximate surface area is 124 Å². The van der Waals surface area contributed by atoms with E-state index in [1.165, 1.54) is 0 Å². The molecule has 0 saturated carbocycles. The third kappa shape index (κ3) is 5.25. The Morgan fingerprint density at radius 2 is 1.86 bits per heavy atom. The van der Waals surface area contributed by atoms with E-state index < -0.39 is 11.7 Å². The van der Waals surface area contributed by atoms with Crippen LogP contribution in [0, 0.1) is 13.8 Å². The maximum Gasteiger partial charge on any atom is 0.415 e. The highest BCUT2D eigenvalue weighted by molar-refractivity contribution is 5.76. The third-order valence-corrected chi connectivity index (χ3v) is 3.29. The van der Waals surface area contributed by atoms with Crippen molar-refractivity contribution >= 4 is 5.57 Å². The molecule has 0 aliphatic heterocycles. The van der Waals surface area contributed by atoms with Gasteiger partial charge in [0.25, 0.3) is 0 Å². The Balaban J connectivity index is 3.22. The van der Waals surface area contributed by atoms with Crippen LogP contribution in [0.15, 0.2) is 48.6 Å². The average molecular weight is 294 g/mol. The molecule has 0 unspecified atom stereocenters. The molecule has 0 aromatic heterocycles. The van der Waals surface area contributed by atoms with E-state index in [2.05, 4.69) is 6.58 Å². The topological polar surface area (TPSA) is 0 Å². The summed E-state index contributed by atoms with van der Waals surface area (Å²) in [6.45, 7) is 9.08. The molecule has 0 aliphatic rings. The lowest BCUT2D eigenvalue weighted by atomic mass is 9.98. The zero-order valence-electron chi connectivity index (χ0n) is 12.7. The van der Waals surface area contributed by atoms with E-state index in [4.69, 9.17) is 0 Å². The van der Waals surface area contributed by atoms with E-state index in [-0.39, 0.29) is 0 Å². The predicted molar refractivity (Wildman–Crippen MR) is 83.1 cm³/mol. The van der Waals surface area contributed by atoms with Crippen LogP contribution in [0.1, 0.15) is 36.5 Å². The predicted octanol–water partition coefficient (Wildman–Crippen LogP) is 6.16. The highest BCUT2D eigenvalue weighted by atomic mass is 19.4. The maximum absolute atomic E-state index is 12.7. The third-order valence-electron chi connectivity index (χ3n) is 3.29. The molecule has 0 bridgehead atoms. The SMILES string of the molecule is C=C(/C=C(\C=C/CCC)c1ccc(C)c(C)c1)C(F)(F)F. The Bertz CT molecular complexity index is 560. The van der Waals surface area contributed by atoms with Crippen LogP contribution >= 0.6 is 0 Å². The molecule has 0 fully saturated rings. The first-order valence-corrected chi connectivity index (χ1v) is 6.97. The van der Waals surface area contributed by atoms with Crippen LogP contribution in [0.25, 0.3) is 5.57 Å². The van der Waals surface area contributed by atoms with E-state index >= 15 is 0 Å². The lowest BCUT2D eigenvalue weighted by molar-refractivity contribution is -0.0877. The number of aryl methyl sites for hydroxylation is 2. The minimum atomic E-state index is -4.40. The van der Waals surface area contributed by atoms with Crippen molar-refractivity contribution in [1.82, 2.24) is 0 Å². The summed E-state index contributed by atoms with van der Waals surface area (Å²) in [6.07, 6.45) is 2.13. The summed E-state index contributed by atoms with van der Waals surface area (Å²) in [6, 6.07) is 5.66. The van der Waals surface area contributed by atoms with Crippen molar-refractivity contribution < 1.29 is 13.2 Å². The lowest BCUT2D eigenvalue weighted by Crippen LogP contribution is -2.08. The van der Waals surface area contributed by atoms with Crippen LogP contribution in [0.3, 0.4) is 0 Å². The Hall–Kier alpha value is -1.77. The zero-order chi connectivity index (χ0) is 16.0. The Morgan fingerprint density at radius 3 is 2.38 bits per heavy atom. The van der Waals surface area contributed by atoms with Crippen LogP contribution in [0.4, 0.5) is 13.2 Å². The van der Waals surface area contributed by atoms with E-state index in [0.717, 1.165) is 35.6 Å². The first-order valence-electron chi connectivity index (χ1n) is 6.97. The van der Waals surface area contributed by atoms with Crippen LogP contribution in [-0.2, 0) is 0 Å². The van der Waals surface area contributed by atoms with Crippen molar-refractivity contribution in [3.05, 3.63) is 65.3 Å². The van der Waals surface area contributed by atoms with Crippen molar-refractivity contribution in [2.75, 3.05) is 0 Å². The maximum atomic E-state index is 12.7. The molecule has 3 heteroatoms. The number of halogens is 3. The minimum absolute atomic E-state index is 0.536. The molecule has 114 valence electrons. The summed E-state index contributed by atoms with van der Waals surface area (Å²) in [5, 5.41) is 0. The molecule has 0 aliphatic carbocycles. The fraction of sp³-hybridized carbons (Fsp3) is 0.333. The van der Waals surface area contributed by atoms with Crippen LogP contribution in [0.5, 0.6) is 0 Å². The summed E-state index contributed by atoms with van der Waals surface area (Å²) >= 11 is 0. The van der Waals surface area contributed by atoms with Gasteiger partial charge in [0.15, 0.2) is 0 Å². The standard InChI is InChI=1S/C18H21F3/c1-5-6-7-8-16(12-15(4)18(19,20)21)17-10-9-13(2)14(3)11-17/h7-12H,4-6H2,1-3H3/b8-7-,16-12+. The smallest absolute Gasteiger partial charge is 0.166 e. The normalized spacial score (nSPS) is 13.0. The fourth-order valence-corrected chi connectivity index (χ4v) is 1.80. The van der Waals surface area contributed by atoms with Gasteiger partial charge < -0.3 is 0 Å². The first-order chi connectivity index (χ1) is 9.75. The zero-order valence-corrected chi connectivity index (χ0v) is 12.7. The molecule has 0 heterocycles. The molecular formula is C18H21F3. The van der Waals surface area contributed by atoms with Gasteiger partial charge in [-0.15, -0.1) is 0 Å². The van der Waals surface area contributed by atoms with Crippen molar-refractivity contribution in [3.63, 3.8) is 0 Å². The number of hydrogen-bond acceptors (Lipinski definition) is 0. The molecule has 1 aromatic carbocycles. The Kier molecular flexibility index (Phi) is 6.01. The van der Waals surface area contributed by atoms with Gasteiger partial charge in [-0.1, -0.05) is 50.3 Å². The molecule has 0 nitrogen and oxygen atoms in total. The quantitative estimate of drug-likeness (QED) is 0.570. The fourth-order valence-electron chi connectivity index (χ4n) is 1.80. The van der Waals surface area contributed by atoms with E-state index in [0.29, 0.717) is 5.57 Å². The van der Waals surface area contributed by atoms with Gasteiger partial charge in [0, 0.05) is 5.57 Å². The number of alkyl halides is 3. The molecule has 0 atom stereocenters. The van der Waals surface area contributed by atoms with Crippen LogP contribution in [0.2, 0.25) is 0 Å².